The SMILES string of the molecule is NCCCOc1cccc(C2=CCNc3[nH]c4ccccc4c32)c1. The molecule has 0 unspecified atom stereocenters. The predicted octanol–water partition coefficient (Wildman–Crippen LogP) is 3.75. The largest absolute Gasteiger partial charge is 0.494 e. The molecule has 0 radical (unpaired) electrons. The summed E-state index contributed by atoms with van der Waals surface area (Å²) in [4.78, 5) is 3.48. The van der Waals surface area contributed by atoms with E-state index in [9.17, 15) is 0 Å². The second-order valence-electron chi connectivity index (χ2n) is 5.94. The van der Waals surface area contributed by atoms with Crippen LogP contribution in [0.5, 0.6) is 5.75 Å². The lowest BCUT2D eigenvalue weighted by Gasteiger charge is -2.17. The first-order valence-electron chi connectivity index (χ1n) is 8.35. The number of rotatable bonds is 5. The van der Waals surface area contributed by atoms with Crippen LogP contribution in [0.25, 0.3) is 16.5 Å². The Kier molecular flexibility index (Phi) is 3.97. The van der Waals surface area contributed by atoms with Gasteiger partial charge in [0, 0.05) is 23.0 Å². The Hall–Kier alpha value is -2.72. The molecular weight excluding hydrogens is 298 g/mol. The Labute approximate surface area is 141 Å². The summed E-state index contributed by atoms with van der Waals surface area (Å²) in [6.07, 6.45) is 3.10. The van der Waals surface area contributed by atoms with Crippen LogP contribution >= 0.6 is 0 Å². The highest BCUT2D eigenvalue weighted by Gasteiger charge is 2.19. The molecule has 4 N–H and O–H groups in total. The molecule has 2 heterocycles. The zero-order chi connectivity index (χ0) is 16.4. The van der Waals surface area contributed by atoms with Crippen molar-refractivity contribution in [3.63, 3.8) is 0 Å². The third-order valence-corrected chi connectivity index (χ3v) is 4.32. The topological polar surface area (TPSA) is 63.1 Å². The second-order valence-corrected chi connectivity index (χ2v) is 5.94. The standard InChI is InChI=1S/C20H21N3O/c21-10-4-12-24-15-6-3-5-14(13-15)16-9-11-22-20-19(16)17-7-1-2-8-18(17)23-20/h1-3,5-9,13,22-23H,4,10-12,21H2. The van der Waals surface area contributed by atoms with Gasteiger partial charge in [-0.2, -0.15) is 0 Å². The lowest BCUT2D eigenvalue weighted by Crippen LogP contribution is -2.08. The van der Waals surface area contributed by atoms with Crippen molar-refractivity contribution >= 4 is 22.3 Å². The summed E-state index contributed by atoms with van der Waals surface area (Å²) in [6, 6.07) is 16.7. The fraction of sp³-hybridized carbons (Fsp3) is 0.200. The van der Waals surface area contributed by atoms with E-state index in [4.69, 9.17) is 10.5 Å². The third kappa shape index (κ3) is 2.65. The summed E-state index contributed by atoms with van der Waals surface area (Å²) >= 11 is 0. The van der Waals surface area contributed by atoms with E-state index < -0.39 is 0 Å². The van der Waals surface area contributed by atoms with Crippen molar-refractivity contribution in [2.24, 2.45) is 5.73 Å². The summed E-state index contributed by atoms with van der Waals surface area (Å²) in [5.74, 6) is 1.98. The molecular formula is C20H21N3O. The maximum absolute atomic E-state index is 5.80. The number of nitrogens with two attached hydrogens (primary N) is 1. The van der Waals surface area contributed by atoms with Crippen molar-refractivity contribution in [3.05, 3.63) is 65.7 Å². The third-order valence-electron chi connectivity index (χ3n) is 4.32. The smallest absolute Gasteiger partial charge is 0.119 e. The van der Waals surface area contributed by atoms with E-state index >= 15 is 0 Å². The molecule has 0 spiro atoms. The van der Waals surface area contributed by atoms with Crippen molar-refractivity contribution in [2.75, 3.05) is 25.0 Å². The molecule has 0 amide bonds. The van der Waals surface area contributed by atoms with Gasteiger partial charge in [-0.15, -0.1) is 0 Å². The van der Waals surface area contributed by atoms with Gasteiger partial charge in [0.1, 0.15) is 11.6 Å². The number of ether oxygens (including phenoxy) is 1. The molecule has 3 aromatic rings. The molecule has 0 saturated heterocycles. The van der Waals surface area contributed by atoms with Gasteiger partial charge >= 0.3 is 0 Å². The van der Waals surface area contributed by atoms with Crippen LogP contribution < -0.4 is 15.8 Å². The highest BCUT2D eigenvalue weighted by Crippen LogP contribution is 2.38. The van der Waals surface area contributed by atoms with E-state index in [1.165, 1.54) is 22.1 Å². The molecule has 0 aliphatic carbocycles. The van der Waals surface area contributed by atoms with E-state index in [-0.39, 0.29) is 0 Å². The Morgan fingerprint density at radius 2 is 2.00 bits per heavy atom. The van der Waals surface area contributed by atoms with E-state index in [2.05, 4.69) is 52.8 Å². The average molecular weight is 319 g/mol. The first kappa shape index (κ1) is 14.8. The van der Waals surface area contributed by atoms with E-state index in [0.29, 0.717) is 13.2 Å². The highest BCUT2D eigenvalue weighted by molar-refractivity contribution is 6.03. The number of para-hydroxylation sites is 1. The summed E-state index contributed by atoms with van der Waals surface area (Å²) in [5.41, 5.74) is 10.3. The van der Waals surface area contributed by atoms with Crippen LogP contribution in [0, 0.1) is 0 Å². The highest BCUT2D eigenvalue weighted by atomic mass is 16.5. The summed E-state index contributed by atoms with van der Waals surface area (Å²) in [7, 11) is 0. The summed E-state index contributed by atoms with van der Waals surface area (Å²) < 4.78 is 5.80. The van der Waals surface area contributed by atoms with Crippen molar-refractivity contribution in [2.45, 2.75) is 6.42 Å². The minimum absolute atomic E-state index is 0.648. The molecule has 24 heavy (non-hydrogen) atoms. The van der Waals surface area contributed by atoms with Gasteiger partial charge in [-0.3, -0.25) is 0 Å². The average Bonchev–Trinajstić information content (AvgIpc) is 3.01. The minimum Gasteiger partial charge on any atom is -0.494 e. The molecule has 0 fully saturated rings. The quantitative estimate of drug-likeness (QED) is 0.628. The number of fused-ring (bicyclic) bond motifs is 3. The zero-order valence-electron chi connectivity index (χ0n) is 13.5. The number of anilines is 1. The number of hydrogen-bond donors (Lipinski definition) is 3. The Morgan fingerprint density at radius 3 is 2.92 bits per heavy atom. The molecule has 0 saturated carbocycles. The first-order valence-corrected chi connectivity index (χ1v) is 8.35. The number of H-pyrrole nitrogens is 1. The molecule has 4 rings (SSSR count). The lowest BCUT2D eigenvalue weighted by atomic mass is 9.94. The van der Waals surface area contributed by atoms with Crippen LogP contribution in [0.2, 0.25) is 0 Å². The van der Waals surface area contributed by atoms with Crippen molar-refractivity contribution in [1.29, 1.82) is 0 Å². The first-order chi connectivity index (χ1) is 11.9. The van der Waals surface area contributed by atoms with Crippen molar-refractivity contribution in [3.8, 4) is 5.75 Å². The van der Waals surface area contributed by atoms with Gasteiger partial charge in [-0.05, 0) is 42.3 Å². The Bertz CT molecular complexity index is 895. The molecule has 2 aromatic carbocycles. The molecule has 0 bridgehead atoms. The molecule has 1 aliphatic heterocycles. The maximum atomic E-state index is 5.80. The van der Waals surface area contributed by atoms with Crippen molar-refractivity contribution in [1.82, 2.24) is 4.98 Å². The van der Waals surface area contributed by atoms with Gasteiger partial charge in [0.05, 0.1) is 6.61 Å². The number of benzene rings is 2. The normalized spacial score (nSPS) is 13.3. The van der Waals surface area contributed by atoms with Crippen molar-refractivity contribution < 1.29 is 4.74 Å². The van der Waals surface area contributed by atoms with Gasteiger partial charge in [-0.25, -0.2) is 0 Å². The molecule has 4 nitrogen and oxygen atoms in total. The monoisotopic (exact) mass is 319 g/mol. The Morgan fingerprint density at radius 1 is 1.08 bits per heavy atom. The van der Waals surface area contributed by atoms with Gasteiger partial charge in [0.15, 0.2) is 0 Å². The lowest BCUT2D eigenvalue weighted by molar-refractivity contribution is 0.313. The van der Waals surface area contributed by atoms with E-state index in [0.717, 1.165) is 30.0 Å². The van der Waals surface area contributed by atoms with Gasteiger partial charge in [0.25, 0.3) is 0 Å². The van der Waals surface area contributed by atoms with Crippen LogP contribution in [-0.4, -0.2) is 24.7 Å². The fourth-order valence-electron chi connectivity index (χ4n) is 3.20. The second kappa shape index (κ2) is 6.42. The molecule has 4 heteroatoms. The fourth-order valence-corrected chi connectivity index (χ4v) is 3.20. The van der Waals surface area contributed by atoms with Gasteiger partial charge in [-0.1, -0.05) is 36.4 Å². The van der Waals surface area contributed by atoms with Gasteiger partial charge < -0.3 is 20.8 Å². The van der Waals surface area contributed by atoms with Crippen LogP contribution in [-0.2, 0) is 0 Å². The molecule has 122 valence electrons. The number of aromatic nitrogens is 1. The maximum Gasteiger partial charge on any atom is 0.119 e. The molecule has 0 atom stereocenters. The van der Waals surface area contributed by atoms with Gasteiger partial charge in [0.2, 0.25) is 0 Å². The van der Waals surface area contributed by atoms with E-state index in [1.807, 2.05) is 12.1 Å². The van der Waals surface area contributed by atoms with E-state index in [1.54, 1.807) is 0 Å². The van der Waals surface area contributed by atoms with Crippen LogP contribution in [0.4, 0.5) is 5.82 Å². The number of aromatic amines is 1. The predicted molar refractivity (Wildman–Crippen MR) is 99.5 cm³/mol. The summed E-state index contributed by atoms with van der Waals surface area (Å²) in [5, 5.41) is 4.67. The van der Waals surface area contributed by atoms with Crippen LogP contribution in [0.15, 0.2) is 54.6 Å². The zero-order valence-corrected chi connectivity index (χ0v) is 13.5. The number of hydrogen-bond acceptors (Lipinski definition) is 3. The summed E-state index contributed by atoms with van der Waals surface area (Å²) in [6.45, 7) is 2.11. The van der Waals surface area contributed by atoms with Crippen LogP contribution in [0.1, 0.15) is 17.5 Å². The number of nitrogens with one attached hydrogen (secondary N) is 2. The Balaban J connectivity index is 1.73. The molecule has 1 aliphatic rings. The van der Waals surface area contributed by atoms with Crippen LogP contribution in [0.3, 0.4) is 0 Å². The molecule has 1 aromatic heterocycles. The minimum atomic E-state index is 0.648.